The van der Waals surface area contributed by atoms with Gasteiger partial charge in [0.25, 0.3) is 0 Å². The zero-order chi connectivity index (χ0) is 45.4. The summed E-state index contributed by atoms with van der Waals surface area (Å²) in [4.78, 5) is 80.6. The lowest BCUT2D eigenvalue weighted by molar-refractivity contribution is 0.0936. The molecule has 1 aliphatic carbocycles. The Bertz CT molecular complexity index is 3820. The van der Waals surface area contributed by atoms with E-state index in [4.69, 9.17) is 38.2 Å². The molecule has 1 saturated carbocycles. The monoisotopic (exact) mass is 902 g/mol. The van der Waals surface area contributed by atoms with Gasteiger partial charge in [-0.05, 0) is 78.1 Å². The van der Waals surface area contributed by atoms with Crippen LogP contribution >= 0.6 is 23.2 Å². The molecule has 66 heavy (non-hydrogen) atoms. The normalized spacial score (nSPS) is 12.7. The van der Waals surface area contributed by atoms with E-state index in [1.54, 1.807) is 44.6 Å². The number of halogens is 2. The topological polar surface area (TPSA) is 151 Å². The number of carbonyl (C=O) groups is 2. The third-order valence-electron chi connectivity index (χ3n) is 12.3. The lowest BCUT2D eigenvalue weighted by Gasteiger charge is -2.18. The molecule has 6 heterocycles. The maximum absolute atomic E-state index is 14.4. The smallest absolute Gasteiger partial charge is 0.201 e. The van der Waals surface area contributed by atoms with Crippen molar-refractivity contribution in [1.29, 1.82) is 0 Å². The third kappa shape index (κ3) is 7.06. The molecule has 4 aromatic carbocycles. The lowest BCUT2D eigenvalue weighted by atomic mass is 9.88. The van der Waals surface area contributed by atoms with Gasteiger partial charge in [0.15, 0.2) is 17.0 Å². The Labute approximate surface area is 386 Å². The highest BCUT2D eigenvalue weighted by molar-refractivity contribution is 6.36. The summed E-state index contributed by atoms with van der Waals surface area (Å²) in [5.41, 5.74) is 8.31. The second-order valence-electron chi connectivity index (χ2n) is 17.0. The van der Waals surface area contributed by atoms with E-state index in [0.29, 0.717) is 77.0 Å². The Morgan fingerprint density at radius 3 is 2.17 bits per heavy atom. The fraction of sp³-hybridized carbons (Fsp3) is 0.111. The first-order valence-corrected chi connectivity index (χ1v) is 22.3. The highest BCUT2D eigenvalue weighted by Crippen LogP contribution is 2.44. The van der Waals surface area contributed by atoms with Gasteiger partial charge >= 0.3 is 0 Å². The van der Waals surface area contributed by atoms with Gasteiger partial charge in [-0.15, -0.1) is 0 Å². The summed E-state index contributed by atoms with van der Waals surface area (Å²) in [5.74, 6) is -0.918. The van der Waals surface area contributed by atoms with Crippen LogP contribution < -0.4 is 10.9 Å². The van der Waals surface area contributed by atoms with Gasteiger partial charge in [0.1, 0.15) is 11.3 Å². The standard InChI is InChI=1S/C54H36Cl2N6O4/c1-27(2)50(64)39-26-60-53-38(52(39)66)24-37(33-19-32-12-7-16-57-47(32)40(55)22-33)46(61-53)31-11-6-10-30(18-31)36-21-35-20-34(23-41(56)48(35)59-25-36)43-45(51(65)29-13-14-29)44-42(63)15-17-58-54(44)62-49(43)28-8-4-3-5-9-28/h3-12,15-27,29H,13-14H2,1-2H3,(H,58,62,63)(H,60,61,66). The third-order valence-corrected chi connectivity index (χ3v) is 12.8. The number of H-pyrrole nitrogens is 2. The molecule has 0 bridgehead atoms. The van der Waals surface area contributed by atoms with Crippen molar-refractivity contribution in [3.8, 4) is 55.9 Å². The fourth-order valence-electron chi connectivity index (χ4n) is 8.83. The van der Waals surface area contributed by atoms with E-state index in [0.717, 1.165) is 40.5 Å². The number of aromatic nitrogens is 6. The molecular weight excluding hydrogens is 868 g/mol. The first-order valence-electron chi connectivity index (χ1n) is 21.5. The molecule has 6 aromatic heterocycles. The quantitative estimate of drug-likeness (QED) is 0.136. The van der Waals surface area contributed by atoms with Crippen molar-refractivity contribution in [2.75, 3.05) is 0 Å². The summed E-state index contributed by atoms with van der Waals surface area (Å²) in [7, 11) is 0. The largest absolute Gasteiger partial charge is 0.346 e. The summed E-state index contributed by atoms with van der Waals surface area (Å²) in [5, 5.41) is 2.85. The number of nitrogens with one attached hydrogen (secondary N) is 2. The SMILES string of the molecule is CC(C)C(=O)c1c[nH]c2nc(-c3cccc(-c4cnc5c(Cl)cc(-c6c(-c7ccccc7)nc7[nH]ccc(=O)c7c6C(=O)C6CC6)cc5c4)c3)c(-c3cc(Cl)c4ncccc4c3)cc2c1=O. The average molecular weight is 904 g/mol. The number of Topliss-reactive ketones (excluding diaryl/α,β-unsaturated/α-hetero) is 2. The van der Waals surface area contributed by atoms with E-state index >= 15 is 0 Å². The fourth-order valence-corrected chi connectivity index (χ4v) is 9.38. The zero-order valence-electron chi connectivity index (χ0n) is 35.4. The summed E-state index contributed by atoms with van der Waals surface area (Å²) in [6.45, 7) is 3.52. The number of fused-ring (bicyclic) bond motifs is 4. The Kier molecular flexibility index (Phi) is 10.0. The van der Waals surface area contributed by atoms with Gasteiger partial charge in [0.2, 0.25) is 5.43 Å². The van der Waals surface area contributed by atoms with Crippen molar-refractivity contribution in [2.45, 2.75) is 26.7 Å². The molecular formula is C54H36Cl2N6O4. The molecule has 320 valence electrons. The van der Waals surface area contributed by atoms with Crippen molar-refractivity contribution in [2.24, 2.45) is 11.8 Å². The number of hydrogen-bond donors (Lipinski definition) is 2. The van der Waals surface area contributed by atoms with Gasteiger partial charge in [0.05, 0.1) is 48.8 Å². The second kappa shape index (κ2) is 16.1. The molecule has 10 nitrogen and oxygen atoms in total. The van der Waals surface area contributed by atoms with Crippen LogP contribution in [-0.4, -0.2) is 41.5 Å². The Morgan fingerprint density at radius 2 is 1.38 bits per heavy atom. The van der Waals surface area contributed by atoms with Crippen LogP contribution in [0, 0.1) is 11.8 Å². The Hall–Kier alpha value is -7.66. The minimum atomic E-state index is -0.406. The van der Waals surface area contributed by atoms with Crippen LogP contribution in [0.25, 0.3) is 99.8 Å². The van der Waals surface area contributed by atoms with E-state index in [9.17, 15) is 19.2 Å². The van der Waals surface area contributed by atoms with Crippen LogP contribution in [0.4, 0.5) is 0 Å². The summed E-state index contributed by atoms with van der Waals surface area (Å²) in [6, 6.07) is 33.9. The van der Waals surface area contributed by atoms with Crippen molar-refractivity contribution in [3.05, 3.63) is 176 Å². The molecule has 1 fully saturated rings. The van der Waals surface area contributed by atoms with E-state index in [1.807, 2.05) is 91.0 Å². The predicted octanol–water partition coefficient (Wildman–Crippen LogP) is 12.3. The van der Waals surface area contributed by atoms with E-state index in [1.165, 1.54) is 12.3 Å². The molecule has 1 aliphatic rings. The predicted molar refractivity (Wildman–Crippen MR) is 262 cm³/mol. The first kappa shape index (κ1) is 41.1. The maximum atomic E-state index is 14.4. The van der Waals surface area contributed by atoms with Gasteiger partial charge in [-0.1, -0.05) is 91.6 Å². The van der Waals surface area contributed by atoms with Gasteiger partial charge < -0.3 is 9.97 Å². The van der Waals surface area contributed by atoms with Gasteiger partial charge in [0, 0.05) is 86.8 Å². The summed E-state index contributed by atoms with van der Waals surface area (Å²) < 4.78 is 0. The van der Waals surface area contributed by atoms with Crippen molar-refractivity contribution in [1.82, 2.24) is 29.9 Å². The molecule has 0 saturated heterocycles. The van der Waals surface area contributed by atoms with Crippen molar-refractivity contribution >= 4 is 78.6 Å². The number of nitrogens with zero attached hydrogens (tertiary/aromatic N) is 4. The maximum Gasteiger partial charge on any atom is 0.201 e. The van der Waals surface area contributed by atoms with E-state index < -0.39 is 5.43 Å². The van der Waals surface area contributed by atoms with Crippen LogP contribution in [0.2, 0.25) is 10.0 Å². The Balaban J connectivity index is 1.09. The van der Waals surface area contributed by atoms with Crippen LogP contribution in [0.1, 0.15) is 47.4 Å². The molecule has 12 heteroatoms. The molecule has 0 unspecified atom stereocenters. The van der Waals surface area contributed by atoms with E-state index in [2.05, 4.69) is 15.0 Å². The van der Waals surface area contributed by atoms with Gasteiger partial charge in [-0.2, -0.15) is 0 Å². The number of carbonyl (C=O) groups excluding carboxylic acids is 2. The van der Waals surface area contributed by atoms with Crippen LogP contribution in [0.5, 0.6) is 0 Å². The van der Waals surface area contributed by atoms with E-state index in [-0.39, 0.29) is 45.2 Å². The summed E-state index contributed by atoms with van der Waals surface area (Å²) in [6.07, 6.45) is 7.94. The zero-order valence-corrected chi connectivity index (χ0v) is 37.0. The number of ketones is 2. The molecule has 0 amide bonds. The molecule has 0 radical (unpaired) electrons. The van der Waals surface area contributed by atoms with Crippen molar-refractivity contribution in [3.63, 3.8) is 0 Å². The van der Waals surface area contributed by atoms with Crippen LogP contribution in [-0.2, 0) is 0 Å². The van der Waals surface area contributed by atoms with Gasteiger partial charge in [-0.3, -0.25) is 29.1 Å². The summed E-state index contributed by atoms with van der Waals surface area (Å²) >= 11 is 13.9. The minimum absolute atomic E-state index is 0.0698. The molecule has 0 aliphatic heterocycles. The van der Waals surface area contributed by atoms with Crippen molar-refractivity contribution < 1.29 is 9.59 Å². The molecule has 0 spiro atoms. The molecule has 2 N–H and O–H groups in total. The number of benzene rings is 4. The van der Waals surface area contributed by atoms with Gasteiger partial charge in [-0.25, -0.2) is 9.97 Å². The minimum Gasteiger partial charge on any atom is -0.346 e. The highest BCUT2D eigenvalue weighted by Gasteiger charge is 2.35. The highest BCUT2D eigenvalue weighted by atomic mass is 35.5. The number of aromatic amines is 2. The average Bonchev–Trinajstić information content (AvgIpc) is 4.19. The molecule has 11 rings (SSSR count). The Morgan fingerprint density at radius 1 is 0.667 bits per heavy atom. The van der Waals surface area contributed by atoms with Crippen LogP contribution in [0.3, 0.4) is 0 Å². The molecule has 0 atom stereocenters. The second-order valence-corrected chi connectivity index (χ2v) is 17.8. The van der Waals surface area contributed by atoms with Crippen LogP contribution in [0.15, 0.2) is 144 Å². The molecule has 10 aromatic rings. The number of rotatable bonds is 9. The number of pyridine rings is 6. The lowest BCUT2D eigenvalue weighted by Crippen LogP contribution is -2.20. The number of hydrogen-bond acceptors (Lipinski definition) is 8. The first-order chi connectivity index (χ1) is 32.0.